The van der Waals surface area contributed by atoms with E-state index in [0.29, 0.717) is 38.8 Å². The minimum Gasteiger partial charge on any atom is -0.495 e. The molecule has 4 aromatic rings. The van der Waals surface area contributed by atoms with Crippen LogP contribution in [0.5, 0.6) is 23.0 Å². The zero-order valence-corrected chi connectivity index (χ0v) is 19.7. The van der Waals surface area contributed by atoms with E-state index in [2.05, 4.69) is 5.32 Å². The quantitative estimate of drug-likeness (QED) is 0.315. The van der Waals surface area contributed by atoms with E-state index in [1.165, 1.54) is 19.2 Å². The van der Waals surface area contributed by atoms with Crippen LogP contribution < -0.4 is 24.3 Å². The minimum atomic E-state index is -0.527. The number of para-hydroxylation sites is 1. The van der Waals surface area contributed by atoms with Crippen molar-refractivity contribution in [3.05, 3.63) is 76.0 Å². The van der Waals surface area contributed by atoms with Crippen LogP contribution in [0.15, 0.2) is 59.0 Å². The summed E-state index contributed by atoms with van der Waals surface area (Å²) in [6.07, 6.45) is 0. The fourth-order valence-electron chi connectivity index (χ4n) is 3.59. The van der Waals surface area contributed by atoms with Crippen molar-refractivity contribution < 1.29 is 33.0 Å². The van der Waals surface area contributed by atoms with Crippen molar-refractivity contribution in [2.24, 2.45) is 0 Å². The molecule has 0 unspecified atom stereocenters. The number of carbonyl (C=O) groups excluding carboxylic acids is 2. The lowest BCUT2D eigenvalue weighted by Gasteiger charge is -2.11. The molecule has 0 saturated heterocycles. The lowest BCUT2D eigenvalue weighted by Crippen LogP contribution is -2.21. The summed E-state index contributed by atoms with van der Waals surface area (Å²) in [5, 5.41) is 3.83. The van der Waals surface area contributed by atoms with Gasteiger partial charge in [-0.15, -0.1) is 0 Å². The Morgan fingerprint density at radius 3 is 2.57 bits per heavy atom. The first-order chi connectivity index (χ1) is 16.9. The number of fused-ring (bicyclic) bond motifs is 2. The summed E-state index contributed by atoms with van der Waals surface area (Å²) < 4.78 is 27.2. The zero-order valence-electron chi connectivity index (χ0n) is 18.2. The number of amides is 1. The molecule has 178 valence electrons. The largest absolute Gasteiger partial charge is 0.495 e. The maximum absolute atomic E-state index is 13.3. The molecule has 2 heterocycles. The number of carbonyl (C=O) groups is 2. The van der Waals surface area contributed by atoms with Gasteiger partial charge in [0.15, 0.2) is 23.9 Å². The van der Waals surface area contributed by atoms with E-state index >= 15 is 0 Å². The number of anilines is 1. The van der Waals surface area contributed by atoms with Crippen molar-refractivity contribution in [3.8, 4) is 23.0 Å². The van der Waals surface area contributed by atoms with Crippen molar-refractivity contribution in [1.82, 2.24) is 0 Å². The van der Waals surface area contributed by atoms with Crippen LogP contribution in [-0.2, 0) is 4.79 Å². The van der Waals surface area contributed by atoms with E-state index in [1.54, 1.807) is 42.5 Å². The standard InChI is InChI=1S/C25H17Cl2NO7/c1-31-19-10-20(16(27)9-15(19)26)32-11-22(29)28-23-14-4-2-3-5-17(14)35-25(23)24(30)13-6-7-18-21(8-13)34-12-33-18/h2-10H,11-12H2,1H3,(H,28,29). The van der Waals surface area contributed by atoms with E-state index in [-0.39, 0.29) is 35.6 Å². The molecule has 1 aromatic heterocycles. The van der Waals surface area contributed by atoms with Crippen molar-refractivity contribution in [2.75, 3.05) is 25.8 Å². The lowest BCUT2D eigenvalue weighted by molar-refractivity contribution is -0.118. The highest BCUT2D eigenvalue weighted by atomic mass is 35.5. The molecule has 3 aromatic carbocycles. The number of furan rings is 1. The molecule has 8 nitrogen and oxygen atoms in total. The van der Waals surface area contributed by atoms with Crippen molar-refractivity contribution in [3.63, 3.8) is 0 Å². The third-order valence-electron chi connectivity index (χ3n) is 5.27. The van der Waals surface area contributed by atoms with Crippen molar-refractivity contribution >= 4 is 51.5 Å². The Balaban J connectivity index is 1.41. The average Bonchev–Trinajstić information content (AvgIpc) is 3.47. The number of rotatable bonds is 7. The zero-order chi connectivity index (χ0) is 24.5. The van der Waals surface area contributed by atoms with Crippen LogP contribution >= 0.6 is 23.2 Å². The highest BCUT2D eigenvalue weighted by Crippen LogP contribution is 2.37. The molecule has 1 aliphatic rings. The number of halogens is 2. The molecule has 0 saturated carbocycles. The third kappa shape index (κ3) is 4.45. The Bertz CT molecular complexity index is 1460. The number of methoxy groups -OCH3 is 1. The Hall–Kier alpha value is -3.88. The normalized spacial score (nSPS) is 12.0. The summed E-state index contributed by atoms with van der Waals surface area (Å²) in [6, 6.07) is 14.8. The van der Waals surface area contributed by atoms with Crippen LogP contribution in [0.2, 0.25) is 10.0 Å². The molecule has 5 rings (SSSR count). The van der Waals surface area contributed by atoms with Crippen LogP contribution in [0.3, 0.4) is 0 Å². The van der Waals surface area contributed by atoms with Crippen LogP contribution in [0.25, 0.3) is 11.0 Å². The van der Waals surface area contributed by atoms with Gasteiger partial charge in [0, 0.05) is 17.0 Å². The summed E-state index contributed by atoms with van der Waals surface area (Å²) >= 11 is 12.2. The van der Waals surface area contributed by atoms with Gasteiger partial charge in [0.2, 0.25) is 12.6 Å². The molecule has 0 spiro atoms. The molecular weight excluding hydrogens is 497 g/mol. The predicted octanol–water partition coefficient (Wildman–Crippen LogP) is 5.73. The number of hydrogen-bond acceptors (Lipinski definition) is 7. The molecule has 0 radical (unpaired) electrons. The maximum atomic E-state index is 13.3. The van der Waals surface area contributed by atoms with Crippen LogP contribution in [0.1, 0.15) is 16.1 Å². The Morgan fingerprint density at radius 2 is 1.74 bits per heavy atom. The molecule has 10 heteroatoms. The minimum absolute atomic E-state index is 0.0235. The first kappa shape index (κ1) is 22.9. The van der Waals surface area contributed by atoms with E-state index in [1.807, 2.05) is 0 Å². The van der Waals surface area contributed by atoms with Gasteiger partial charge in [0.05, 0.1) is 22.8 Å². The Morgan fingerprint density at radius 1 is 0.971 bits per heavy atom. The monoisotopic (exact) mass is 513 g/mol. The summed E-state index contributed by atoms with van der Waals surface area (Å²) in [4.78, 5) is 26.1. The van der Waals surface area contributed by atoms with Gasteiger partial charge in [-0.25, -0.2) is 0 Å². The highest BCUT2D eigenvalue weighted by molar-refractivity contribution is 6.36. The van der Waals surface area contributed by atoms with E-state index in [4.69, 9.17) is 46.6 Å². The van der Waals surface area contributed by atoms with Crippen molar-refractivity contribution in [2.45, 2.75) is 0 Å². The molecular formula is C25H17Cl2NO7. The number of benzene rings is 3. The lowest BCUT2D eigenvalue weighted by atomic mass is 10.1. The average molecular weight is 514 g/mol. The smallest absolute Gasteiger partial charge is 0.262 e. The van der Waals surface area contributed by atoms with Gasteiger partial charge in [0.25, 0.3) is 5.91 Å². The second-order valence-electron chi connectivity index (χ2n) is 7.45. The van der Waals surface area contributed by atoms with Crippen molar-refractivity contribution in [1.29, 1.82) is 0 Å². The summed E-state index contributed by atoms with van der Waals surface area (Å²) in [5.74, 6) is 0.600. The number of ether oxygens (including phenoxy) is 4. The van der Waals surface area contributed by atoms with Crippen LogP contribution in [0.4, 0.5) is 5.69 Å². The van der Waals surface area contributed by atoms with E-state index < -0.39 is 11.7 Å². The molecule has 1 aliphatic heterocycles. The second-order valence-corrected chi connectivity index (χ2v) is 8.27. The first-order valence-electron chi connectivity index (χ1n) is 10.4. The predicted molar refractivity (Wildman–Crippen MR) is 129 cm³/mol. The maximum Gasteiger partial charge on any atom is 0.262 e. The third-order valence-corrected chi connectivity index (χ3v) is 5.86. The van der Waals surface area contributed by atoms with Gasteiger partial charge >= 0.3 is 0 Å². The molecule has 0 aliphatic carbocycles. The number of ketones is 1. The van der Waals surface area contributed by atoms with Gasteiger partial charge in [-0.05, 0) is 36.4 Å². The van der Waals surface area contributed by atoms with Crippen LogP contribution in [0, 0.1) is 0 Å². The fourth-order valence-corrected chi connectivity index (χ4v) is 4.11. The van der Waals surface area contributed by atoms with Gasteiger partial charge in [0.1, 0.15) is 17.1 Å². The summed E-state index contributed by atoms with van der Waals surface area (Å²) in [6.45, 7) is -0.301. The molecule has 0 atom stereocenters. The highest BCUT2D eigenvalue weighted by Gasteiger charge is 2.25. The van der Waals surface area contributed by atoms with E-state index in [0.717, 1.165) is 0 Å². The number of hydrogen-bond donors (Lipinski definition) is 1. The van der Waals surface area contributed by atoms with Gasteiger partial charge in [-0.2, -0.15) is 0 Å². The Labute approximate surface area is 209 Å². The van der Waals surface area contributed by atoms with Gasteiger partial charge in [-0.1, -0.05) is 35.3 Å². The van der Waals surface area contributed by atoms with Gasteiger partial charge < -0.3 is 28.7 Å². The summed E-state index contributed by atoms with van der Waals surface area (Å²) in [7, 11) is 1.45. The molecule has 35 heavy (non-hydrogen) atoms. The SMILES string of the molecule is COc1cc(OCC(=O)Nc2c(C(=O)c3ccc4c(c3)OCO4)oc3ccccc23)c(Cl)cc1Cl. The second kappa shape index (κ2) is 9.40. The number of nitrogens with one attached hydrogen (secondary N) is 1. The molecule has 1 N–H and O–H groups in total. The molecule has 1 amide bonds. The van der Waals surface area contributed by atoms with E-state index in [9.17, 15) is 9.59 Å². The molecule has 0 fully saturated rings. The summed E-state index contributed by atoms with van der Waals surface area (Å²) in [5.41, 5.74) is 0.995. The van der Waals surface area contributed by atoms with Gasteiger partial charge in [-0.3, -0.25) is 9.59 Å². The fraction of sp³-hybridized carbons (Fsp3) is 0.120. The first-order valence-corrected chi connectivity index (χ1v) is 11.1. The molecule has 0 bridgehead atoms. The Kier molecular flexibility index (Phi) is 6.15. The van der Waals surface area contributed by atoms with Crippen LogP contribution in [-0.4, -0.2) is 32.2 Å². The topological polar surface area (TPSA) is 96.2 Å².